The average molecular weight is 263 g/mol. The smallest absolute Gasteiger partial charge is 0.228 e. The number of thioether (sulfide) groups is 1. The Kier molecular flexibility index (Phi) is 5.54. The van der Waals surface area contributed by atoms with Gasteiger partial charge < -0.3 is 5.32 Å². The molecule has 0 bridgehead atoms. The third-order valence-electron chi connectivity index (χ3n) is 1.30. The number of aromatic nitrogens is 3. The van der Waals surface area contributed by atoms with Crippen LogP contribution in [0.15, 0.2) is 0 Å². The molecule has 1 rings (SSSR count). The molecule has 0 aromatic carbocycles. The summed E-state index contributed by atoms with van der Waals surface area (Å²) in [5, 5.41) is 3.12. The van der Waals surface area contributed by atoms with Crippen LogP contribution in [0.4, 0.5) is 5.95 Å². The lowest BCUT2D eigenvalue weighted by Crippen LogP contribution is -2.08. The minimum absolute atomic E-state index is 0.0776. The summed E-state index contributed by atoms with van der Waals surface area (Å²) in [5.74, 6) is 4.47. The van der Waals surface area contributed by atoms with E-state index in [1.165, 1.54) is 0 Å². The average Bonchev–Trinajstić information content (AvgIpc) is 2.16. The summed E-state index contributed by atoms with van der Waals surface area (Å²) in [6.45, 7) is 0.697. The van der Waals surface area contributed by atoms with Crippen LogP contribution in [0.5, 0.6) is 0 Å². The number of nitrogens with one attached hydrogen (secondary N) is 1. The molecule has 1 aromatic heterocycles. The first-order valence-electron chi connectivity index (χ1n) is 4.04. The van der Waals surface area contributed by atoms with Gasteiger partial charge in [0.05, 0.1) is 5.75 Å². The molecule has 80 valence electrons. The monoisotopic (exact) mass is 262 g/mol. The molecular formula is C8H8Cl2N4S. The van der Waals surface area contributed by atoms with Crippen molar-refractivity contribution in [3.63, 3.8) is 0 Å². The maximum atomic E-state index is 5.59. The van der Waals surface area contributed by atoms with Crippen LogP contribution in [0, 0.1) is 12.3 Å². The van der Waals surface area contributed by atoms with Crippen LogP contribution in [0.25, 0.3) is 0 Å². The number of nitrogens with zero attached hydrogens (tertiary/aromatic N) is 3. The molecule has 1 aromatic rings. The highest BCUT2D eigenvalue weighted by atomic mass is 35.5. The second-order valence-electron chi connectivity index (χ2n) is 2.38. The summed E-state index contributed by atoms with van der Waals surface area (Å²) < 4.78 is 0. The largest absolute Gasteiger partial charge is 0.353 e. The van der Waals surface area contributed by atoms with Crippen molar-refractivity contribution in [1.29, 1.82) is 0 Å². The first-order valence-corrected chi connectivity index (χ1v) is 5.95. The van der Waals surface area contributed by atoms with Gasteiger partial charge in [0.15, 0.2) is 0 Å². The van der Waals surface area contributed by atoms with Gasteiger partial charge in [0.2, 0.25) is 16.5 Å². The van der Waals surface area contributed by atoms with Gasteiger partial charge in [-0.1, -0.05) is 5.92 Å². The van der Waals surface area contributed by atoms with Crippen LogP contribution in [0.1, 0.15) is 0 Å². The van der Waals surface area contributed by atoms with Crippen LogP contribution < -0.4 is 5.32 Å². The van der Waals surface area contributed by atoms with E-state index in [9.17, 15) is 0 Å². The van der Waals surface area contributed by atoms with E-state index in [4.69, 9.17) is 29.6 Å². The zero-order valence-corrected chi connectivity index (χ0v) is 10.0. The van der Waals surface area contributed by atoms with Crippen molar-refractivity contribution in [3.05, 3.63) is 10.6 Å². The summed E-state index contributed by atoms with van der Waals surface area (Å²) in [7, 11) is 0. The van der Waals surface area contributed by atoms with Crippen molar-refractivity contribution in [3.8, 4) is 12.3 Å². The van der Waals surface area contributed by atoms with Crippen molar-refractivity contribution in [2.75, 3.05) is 23.4 Å². The number of hydrogen-bond donors (Lipinski definition) is 1. The maximum Gasteiger partial charge on any atom is 0.228 e. The quantitative estimate of drug-likeness (QED) is 0.650. The molecule has 0 saturated carbocycles. The van der Waals surface area contributed by atoms with Gasteiger partial charge in [0.25, 0.3) is 0 Å². The van der Waals surface area contributed by atoms with Crippen molar-refractivity contribution in [1.82, 2.24) is 15.0 Å². The lowest BCUT2D eigenvalue weighted by atomic mass is 10.7. The minimum atomic E-state index is 0.0776. The van der Waals surface area contributed by atoms with Crippen molar-refractivity contribution < 1.29 is 0 Å². The van der Waals surface area contributed by atoms with E-state index in [1.807, 2.05) is 0 Å². The second kappa shape index (κ2) is 6.72. The van der Waals surface area contributed by atoms with Gasteiger partial charge in [-0.15, -0.1) is 18.2 Å². The van der Waals surface area contributed by atoms with E-state index < -0.39 is 0 Å². The van der Waals surface area contributed by atoms with Gasteiger partial charge in [0.1, 0.15) is 0 Å². The lowest BCUT2D eigenvalue weighted by molar-refractivity contribution is 1.02. The number of hydrogen-bond acceptors (Lipinski definition) is 5. The number of halogens is 2. The van der Waals surface area contributed by atoms with Crippen LogP contribution in [-0.4, -0.2) is 33.0 Å². The fourth-order valence-electron chi connectivity index (χ4n) is 0.771. The lowest BCUT2D eigenvalue weighted by Gasteiger charge is -2.03. The van der Waals surface area contributed by atoms with E-state index in [2.05, 4.69) is 26.2 Å². The Bertz CT molecular complexity index is 346. The molecule has 0 aliphatic heterocycles. The Balaban J connectivity index is 2.34. The SMILES string of the molecule is C#CCSCCNc1nc(Cl)nc(Cl)n1. The van der Waals surface area contributed by atoms with E-state index >= 15 is 0 Å². The standard InChI is InChI=1S/C8H8Cl2N4S/c1-2-4-15-5-3-11-8-13-6(9)12-7(10)14-8/h1H,3-5H2,(H,11,12,13,14). The molecule has 1 N–H and O–H groups in total. The van der Waals surface area contributed by atoms with Gasteiger partial charge in [-0.2, -0.15) is 15.0 Å². The molecule has 0 aliphatic carbocycles. The van der Waals surface area contributed by atoms with Crippen molar-refractivity contribution in [2.45, 2.75) is 0 Å². The summed E-state index contributed by atoms with van der Waals surface area (Å²) in [4.78, 5) is 11.3. The number of terminal acetylenes is 1. The first kappa shape index (κ1) is 12.4. The molecular weight excluding hydrogens is 255 g/mol. The summed E-state index contributed by atoms with van der Waals surface area (Å²) in [5.41, 5.74) is 0. The topological polar surface area (TPSA) is 50.7 Å². The molecule has 0 spiro atoms. The van der Waals surface area contributed by atoms with Crippen LogP contribution in [0.3, 0.4) is 0 Å². The molecule has 1 heterocycles. The fourth-order valence-corrected chi connectivity index (χ4v) is 1.64. The highest BCUT2D eigenvalue weighted by molar-refractivity contribution is 7.99. The summed E-state index contributed by atoms with van der Waals surface area (Å²) in [6, 6.07) is 0. The Morgan fingerprint density at radius 2 is 1.93 bits per heavy atom. The molecule has 0 radical (unpaired) electrons. The Hall–Kier alpha value is -0.700. The van der Waals surface area contributed by atoms with Gasteiger partial charge in [-0.05, 0) is 23.2 Å². The van der Waals surface area contributed by atoms with Gasteiger partial charge in [-0.3, -0.25) is 0 Å². The minimum Gasteiger partial charge on any atom is -0.353 e. The molecule has 0 aliphatic rings. The van der Waals surface area contributed by atoms with Crippen LogP contribution >= 0.6 is 35.0 Å². The third kappa shape index (κ3) is 5.07. The molecule has 15 heavy (non-hydrogen) atoms. The van der Waals surface area contributed by atoms with Crippen LogP contribution in [0.2, 0.25) is 10.6 Å². The van der Waals surface area contributed by atoms with E-state index in [0.29, 0.717) is 18.2 Å². The highest BCUT2D eigenvalue weighted by Gasteiger charge is 2.01. The molecule has 0 fully saturated rings. The Morgan fingerprint density at radius 3 is 2.53 bits per heavy atom. The Labute approximate surface area is 102 Å². The van der Waals surface area contributed by atoms with Crippen molar-refractivity contribution >= 4 is 40.9 Å². The van der Waals surface area contributed by atoms with E-state index in [1.54, 1.807) is 11.8 Å². The summed E-state index contributed by atoms with van der Waals surface area (Å²) >= 11 is 12.8. The maximum absolute atomic E-state index is 5.59. The fraction of sp³-hybridized carbons (Fsp3) is 0.375. The summed E-state index contributed by atoms with van der Waals surface area (Å²) in [6.07, 6.45) is 5.10. The molecule has 0 atom stereocenters. The van der Waals surface area contributed by atoms with Gasteiger partial charge in [-0.25, -0.2) is 0 Å². The van der Waals surface area contributed by atoms with Gasteiger partial charge >= 0.3 is 0 Å². The van der Waals surface area contributed by atoms with E-state index in [-0.39, 0.29) is 10.6 Å². The molecule has 0 unspecified atom stereocenters. The zero-order chi connectivity index (χ0) is 11.1. The van der Waals surface area contributed by atoms with Crippen LogP contribution in [-0.2, 0) is 0 Å². The zero-order valence-electron chi connectivity index (χ0n) is 7.70. The molecule has 0 saturated heterocycles. The molecule has 0 amide bonds. The van der Waals surface area contributed by atoms with Crippen molar-refractivity contribution in [2.24, 2.45) is 0 Å². The normalized spacial score (nSPS) is 9.67. The molecule has 4 nitrogen and oxygen atoms in total. The van der Waals surface area contributed by atoms with Gasteiger partial charge in [0, 0.05) is 12.3 Å². The first-order chi connectivity index (χ1) is 7.22. The Morgan fingerprint density at radius 1 is 1.27 bits per heavy atom. The predicted octanol–water partition coefficient (Wildman–Crippen LogP) is 1.96. The van der Waals surface area contributed by atoms with E-state index in [0.717, 1.165) is 5.75 Å². The predicted molar refractivity (Wildman–Crippen MR) is 64.5 cm³/mol. The third-order valence-corrected chi connectivity index (χ3v) is 2.50. The second-order valence-corrected chi connectivity index (χ2v) is 4.16. The number of rotatable bonds is 5. The molecule has 7 heteroatoms. The highest BCUT2D eigenvalue weighted by Crippen LogP contribution is 2.09. The number of anilines is 1.